The van der Waals surface area contributed by atoms with Gasteiger partial charge in [-0.1, -0.05) is 17.3 Å². The fourth-order valence-electron chi connectivity index (χ4n) is 2.43. The Kier molecular flexibility index (Phi) is 6.05. The normalized spacial score (nSPS) is 11.3. The van der Waals surface area contributed by atoms with E-state index < -0.39 is 15.9 Å². The zero-order valence-electron chi connectivity index (χ0n) is 15.3. The number of nitrogens with zero attached hydrogens (tertiary/aromatic N) is 3. The van der Waals surface area contributed by atoms with Gasteiger partial charge in [0, 0.05) is 18.7 Å². The molecule has 0 spiro atoms. The van der Waals surface area contributed by atoms with Gasteiger partial charge in [0.2, 0.25) is 10.0 Å². The number of anilines is 1. The summed E-state index contributed by atoms with van der Waals surface area (Å²) in [6.45, 7) is 7.42. The third kappa shape index (κ3) is 4.50. The molecule has 29 heavy (non-hydrogen) atoms. The van der Waals surface area contributed by atoms with Crippen molar-refractivity contribution in [3.05, 3.63) is 73.5 Å². The SMILES string of the molecule is C=CCN(CC=C)S(=O)(=O)c1ccc(C(=O)Nc2nnc(-c3ccco3)o2)cc1. The van der Waals surface area contributed by atoms with E-state index in [1.807, 2.05) is 0 Å². The number of aromatic nitrogens is 2. The zero-order valence-corrected chi connectivity index (χ0v) is 16.1. The molecule has 1 aromatic carbocycles. The van der Waals surface area contributed by atoms with E-state index in [4.69, 9.17) is 8.83 Å². The third-order valence-corrected chi connectivity index (χ3v) is 5.64. The average molecular weight is 414 g/mol. The van der Waals surface area contributed by atoms with Gasteiger partial charge in [-0.15, -0.1) is 18.3 Å². The molecule has 0 radical (unpaired) electrons. The molecule has 3 rings (SSSR count). The number of carbonyl (C=O) groups excluding carboxylic acids is 1. The molecule has 0 aliphatic heterocycles. The standard InChI is InChI=1S/C19H18N4O5S/c1-3-11-23(12-4-2)29(25,26)15-9-7-14(8-10-15)17(24)20-19-22-21-18(28-19)16-6-5-13-27-16/h3-10,13H,1-2,11-12H2,(H,20,22,24). The molecule has 1 N–H and O–H groups in total. The Bertz CT molecular complexity index is 1090. The molecule has 0 atom stereocenters. The lowest BCUT2D eigenvalue weighted by molar-refractivity contribution is 0.102. The Morgan fingerprint density at radius 2 is 1.79 bits per heavy atom. The molecule has 0 aliphatic rings. The van der Waals surface area contributed by atoms with Crippen LogP contribution in [0.4, 0.5) is 6.01 Å². The van der Waals surface area contributed by atoms with Gasteiger partial charge in [-0.05, 0) is 36.4 Å². The molecule has 2 heterocycles. The van der Waals surface area contributed by atoms with Crippen LogP contribution in [-0.4, -0.2) is 41.9 Å². The quantitative estimate of drug-likeness (QED) is 0.535. The van der Waals surface area contributed by atoms with Crippen LogP contribution in [0.25, 0.3) is 11.7 Å². The maximum atomic E-state index is 12.7. The van der Waals surface area contributed by atoms with Crippen molar-refractivity contribution in [2.45, 2.75) is 4.90 Å². The summed E-state index contributed by atoms with van der Waals surface area (Å²) in [6.07, 6.45) is 4.44. The van der Waals surface area contributed by atoms with Gasteiger partial charge in [0.25, 0.3) is 11.8 Å². The first-order valence-electron chi connectivity index (χ1n) is 8.46. The number of carbonyl (C=O) groups is 1. The van der Waals surface area contributed by atoms with Gasteiger partial charge in [0.15, 0.2) is 5.76 Å². The van der Waals surface area contributed by atoms with Crippen LogP contribution < -0.4 is 5.32 Å². The lowest BCUT2D eigenvalue weighted by atomic mass is 10.2. The van der Waals surface area contributed by atoms with Crippen LogP contribution in [0.1, 0.15) is 10.4 Å². The van der Waals surface area contributed by atoms with E-state index in [1.165, 1.54) is 47.0 Å². The molecule has 1 amide bonds. The highest BCUT2D eigenvalue weighted by molar-refractivity contribution is 7.89. The summed E-state index contributed by atoms with van der Waals surface area (Å²) in [5, 5.41) is 9.96. The van der Waals surface area contributed by atoms with Crippen LogP contribution >= 0.6 is 0 Å². The maximum absolute atomic E-state index is 12.7. The van der Waals surface area contributed by atoms with Crippen LogP contribution in [0, 0.1) is 0 Å². The second-order valence-corrected chi connectivity index (χ2v) is 7.71. The van der Waals surface area contributed by atoms with Crippen LogP contribution in [-0.2, 0) is 10.0 Å². The summed E-state index contributed by atoms with van der Waals surface area (Å²) in [7, 11) is -3.74. The average Bonchev–Trinajstić information content (AvgIpc) is 3.39. The molecular weight excluding hydrogens is 396 g/mol. The first kappa shape index (κ1) is 20.2. The second kappa shape index (κ2) is 8.67. The van der Waals surface area contributed by atoms with E-state index in [0.717, 1.165) is 0 Å². The minimum atomic E-state index is -3.74. The van der Waals surface area contributed by atoms with Crippen molar-refractivity contribution in [2.75, 3.05) is 18.4 Å². The lowest BCUT2D eigenvalue weighted by Gasteiger charge is -2.19. The Morgan fingerprint density at radius 1 is 1.10 bits per heavy atom. The second-order valence-electron chi connectivity index (χ2n) is 5.77. The van der Waals surface area contributed by atoms with E-state index in [2.05, 4.69) is 28.7 Å². The van der Waals surface area contributed by atoms with Crippen LogP contribution in [0.15, 0.2) is 81.7 Å². The molecule has 10 heteroatoms. The summed E-state index contributed by atoms with van der Waals surface area (Å²) >= 11 is 0. The lowest BCUT2D eigenvalue weighted by Crippen LogP contribution is -2.31. The van der Waals surface area contributed by atoms with Crippen molar-refractivity contribution in [1.29, 1.82) is 0 Å². The number of nitrogens with one attached hydrogen (secondary N) is 1. The molecule has 150 valence electrons. The summed E-state index contributed by atoms with van der Waals surface area (Å²) in [6, 6.07) is 8.69. The van der Waals surface area contributed by atoms with Gasteiger partial charge in [0.1, 0.15) is 0 Å². The van der Waals surface area contributed by atoms with E-state index >= 15 is 0 Å². The Morgan fingerprint density at radius 3 is 2.38 bits per heavy atom. The monoisotopic (exact) mass is 414 g/mol. The first-order valence-corrected chi connectivity index (χ1v) is 9.90. The molecule has 0 saturated carbocycles. The van der Waals surface area contributed by atoms with E-state index in [1.54, 1.807) is 12.1 Å². The van der Waals surface area contributed by atoms with Crippen molar-refractivity contribution in [3.8, 4) is 11.7 Å². The smallest absolute Gasteiger partial charge is 0.322 e. The molecule has 0 saturated heterocycles. The first-order chi connectivity index (χ1) is 14.0. The Hall–Kier alpha value is -3.50. The van der Waals surface area contributed by atoms with Crippen molar-refractivity contribution in [1.82, 2.24) is 14.5 Å². The highest BCUT2D eigenvalue weighted by Crippen LogP contribution is 2.21. The topological polar surface area (TPSA) is 119 Å². The molecule has 0 aliphatic carbocycles. The Balaban J connectivity index is 1.73. The summed E-state index contributed by atoms with van der Waals surface area (Å²) in [4.78, 5) is 12.4. The number of rotatable bonds is 9. The molecule has 9 nitrogen and oxygen atoms in total. The highest BCUT2D eigenvalue weighted by Gasteiger charge is 2.23. The highest BCUT2D eigenvalue weighted by atomic mass is 32.2. The van der Waals surface area contributed by atoms with E-state index in [0.29, 0.717) is 5.76 Å². The zero-order chi connectivity index (χ0) is 20.9. The largest absolute Gasteiger partial charge is 0.459 e. The fraction of sp³-hybridized carbons (Fsp3) is 0.105. The number of furan rings is 1. The number of amides is 1. The molecule has 0 bridgehead atoms. The van der Waals surface area contributed by atoms with Crippen molar-refractivity contribution in [3.63, 3.8) is 0 Å². The van der Waals surface area contributed by atoms with Gasteiger partial charge in [0.05, 0.1) is 11.2 Å². The van der Waals surface area contributed by atoms with Crippen molar-refractivity contribution >= 4 is 21.9 Å². The molecule has 2 aromatic heterocycles. The summed E-state index contributed by atoms with van der Waals surface area (Å²) < 4.78 is 37.0. The van der Waals surface area contributed by atoms with Crippen molar-refractivity contribution < 1.29 is 22.0 Å². The molecule has 0 fully saturated rings. The molecule has 0 unspecified atom stereocenters. The number of benzene rings is 1. The van der Waals surface area contributed by atoms with Crippen LogP contribution in [0.3, 0.4) is 0 Å². The van der Waals surface area contributed by atoms with E-state index in [-0.39, 0.29) is 35.5 Å². The minimum absolute atomic E-state index is 0.0515. The Labute approximate surface area is 167 Å². The number of hydrogen-bond donors (Lipinski definition) is 1. The number of hydrogen-bond acceptors (Lipinski definition) is 7. The van der Waals surface area contributed by atoms with Crippen molar-refractivity contribution in [2.24, 2.45) is 0 Å². The van der Waals surface area contributed by atoms with Crippen LogP contribution in [0.5, 0.6) is 0 Å². The summed E-state index contributed by atoms with van der Waals surface area (Å²) in [5.41, 5.74) is 0.223. The predicted molar refractivity (Wildman–Crippen MR) is 106 cm³/mol. The van der Waals surface area contributed by atoms with Crippen LogP contribution in [0.2, 0.25) is 0 Å². The fourth-order valence-corrected chi connectivity index (χ4v) is 3.81. The van der Waals surface area contributed by atoms with Gasteiger partial charge in [-0.2, -0.15) is 4.31 Å². The molecule has 3 aromatic rings. The van der Waals surface area contributed by atoms with E-state index in [9.17, 15) is 13.2 Å². The molecular formula is C19H18N4O5S. The third-order valence-electron chi connectivity index (χ3n) is 3.80. The number of sulfonamides is 1. The van der Waals surface area contributed by atoms with Gasteiger partial charge in [-0.3, -0.25) is 10.1 Å². The summed E-state index contributed by atoms with van der Waals surface area (Å²) in [5.74, 6) is -0.0370. The van der Waals surface area contributed by atoms with Gasteiger partial charge < -0.3 is 8.83 Å². The predicted octanol–water partition coefficient (Wildman–Crippen LogP) is 2.94. The maximum Gasteiger partial charge on any atom is 0.322 e. The van der Waals surface area contributed by atoms with Gasteiger partial charge in [-0.25, -0.2) is 8.42 Å². The minimum Gasteiger partial charge on any atom is -0.459 e. The van der Waals surface area contributed by atoms with Gasteiger partial charge >= 0.3 is 6.01 Å².